The minimum atomic E-state index is -0.269. The Morgan fingerprint density at radius 3 is 2.81 bits per heavy atom. The van der Waals surface area contributed by atoms with E-state index >= 15 is 0 Å². The molecule has 31 heavy (non-hydrogen) atoms. The number of ether oxygens (including phenoxy) is 1. The first-order valence-electron chi connectivity index (χ1n) is 12.1. The van der Waals surface area contributed by atoms with Crippen LogP contribution in [0.4, 0.5) is 0 Å². The molecule has 0 bridgehead atoms. The molecule has 4 heteroatoms. The summed E-state index contributed by atoms with van der Waals surface area (Å²) in [6, 6.07) is 10.4. The summed E-state index contributed by atoms with van der Waals surface area (Å²) in [7, 11) is 0. The number of carbonyl (C=O) groups excluding carboxylic acids is 1. The molecule has 4 rings (SSSR count). The van der Waals surface area contributed by atoms with E-state index in [2.05, 4.69) is 35.5 Å². The van der Waals surface area contributed by atoms with E-state index in [9.17, 15) is 4.79 Å². The maximum Gasteiger partial charge on any atom is 0.306 e. The van der Waals surface area contributed by atoms with Crippen LogP contribution in [0.5, 0.6) is 0 Å². The Morgan fingerprint density at radius 2 is 2.03 bits per heavy atom. The van der Waals surface area contributed by atoms with E-state index in [0.29, 0.717) is 18.3 Å². The lowest BCUT2D eigenvalue weighted by molar-refractivity contribution is -0.154. The van der Waals surface area contributed by atoms with Gasteiger partial charge in [-0.2, -0.15) is 0 Å². The average Bonchev–Trinajstić information content (AvgIpc) is 3.34. The number of hydrogen-bond donors (Lipinski definition) is 0. The molecule has 2 heterocycles. The molecule has 1 saturated heterocycles. The van der Waals surface area contributed by atoms with Crippen LogP contribution in [0.15, 0.2) is 49.2 Å². The van der Waals surface area contributed by atoms with Gasteiger partial charge >= 0.3 is 5.97 Å². The van der Waals surface area contributed by atoms with Crippen molar-refractivity contribution in [3.8, 4) is 0 Å². The van der Waals surface area contributed by atoms with Crippen LogP contribution in [0.1, 0.15) is 70.0 Å². The van der Waals surface area contributed by atoms with Gasteiger partial charge in [0.2, 0.25) is 0 Å². The van der Waals surface area contributed by atoms with Gasteiger partial charge in [-0.15, -0.1) is 6.58 Å². The van der Waals surface area contributed by atoms with E-state index in [0.717, 1.165) is 48.8 Å². The average molecular weight is 421 g/mol. The summed E-state index contributed by atoms with van der Waals surface area (Å²) in [5.41, 5.74) is 2.04. The van der Waals surface area contributed by atoms with E-state index in [-0.39, 0.29) is 18.1 Å². The van der Waals surface area contributed by atoms with Crippen LogP contribution < -0.4 is 0 Å². The minimum Gasteiger partial charge on any atom is -0.456 e. The predicted octanol–water partition coefficient (Wildman–Crippen LogP) is 6.08. The second-order valence-corrected chi connectivity index (χ2v) is 9.24. The summed E-state index contributed by atoms with van der Waals surface area (Å²) in [6.45, 7) is 8.12. The van der Waals surface area contributed by atoms with Gasteiger partial charge in [0, 0.05) is 30.1 Å². The summed E-state index contributed by atoms with van der Waals surface area (Å²) in [5.74, 6) is 1.15. The topological polar surface area (TPSA) is 42.4 Å². The highest BCUT2D eigenvalue weighted by Crippen LogP contribution is 2.37. The number of fused-ring (bicyclic) bond motifs is 1. The predicted molar refractivity (Wildman–Crippen MR) is 126 cm³/mol. The maximum atomic E-state index is 13.0. The van der Waals surface area contributed by atoms with Crippen molar-refractivity contribution < 1.29 is 9.53 Å². The Bertz CT molecular complexity index is 884. The normalized spacial score (nSPS) is 23.6. The van der Waals surface area contributed by atoms with Gasteiger partial charge in [-0.05, 0) is 49.8 Å². The SMILES string of the molecule is C=CC1CCC(C(OC(=O)CCC2CCCC2)c2ccnc3ccccc23)N(CC)C1. The number of likely N-dealkylation sites (N-methyl/N-ethyl adjacent to an activating group) is 1. The van der Waals surface area contributed by atoms with Gasteiger partial charge in [-0.3, -0.25) is 14.7 Å². The van der Waals surface area contributed by atoms with Crippen LogP contribution in [0.2, 0.25) is 0 Å². The van der Waals surface area contributed by atoms with Gasteiger partial charge in [-0.25, -0.2) is 0 Å². The molecule has 1 aromatic heterocycles. The van der Waals surface area contributed by atoms with Crippen LogP contribution in [0, 0.1) is 11.8 Å². The Kier molecular flexibility index (Phi) is 7.39. The van der Waals surface area contributed by atoms with E-state index in [1.54, 1.807) is 0 Å². The molecule has 2 aliphatic rings. The molecular formula is C27H36N2O2. The van der Waals surface area contributed by atoms with Crippen LogP contribution in [0.3, 0.4) is 0 Å². The van der Waals surface area contributed by atoms with Gasteiger partial charge in [0.05, 0.1) is 11.6 Å². The number of carbonyl (C=O) groups is 1. The molecule has 0 spiro atoms. The quantitative estimate of drug-likeness (QED) is 0.384. The Balaban J connectivity index is 1.60. The number of piperidine rings is 1. The molecule has 2 fully saturated rings. The number of pyridine rings is 1. The number of nitrogens with zero attached hydrogens (tertiary/aromatic N) is 2. The number of esters is 1. The van der Waals surface area contributed by atoms with Gasteiger partial charge < -0.3 is 4.74 Å². The molecule has 3 atom stereocenters. The molecule has 4 nitrogen and oxygen atoms in total. The smallest absolute Gasteiger partial charge is 0.306 e. The molecular weight excluding hydrogens is 384 g/mol. The number of hydrogen-bond acceptors (Lipinski definition) is 4. The van der Waals surface area contributed by atoms with Crippen molar-refractivity contribution in [1.29, 1.82) is 0 Å². The van der Waals surface area contributed by atoms with Crippen molar-refractivity contribution >= 4 is 16.9 Å². The van der Waals surface area contributed by atoms with Crippen molar-refractivity contribution in [3.63, 3.8) is 0 Å². The molecule has 1 saturated carbocycles. The summed E-state index contributed by atoms with van der Waals surface area (Å²) in [5, 5.41) is 1.08. The summed E-state index contributed by atoms with van der Waals surface area (Å²) < 4.78 is 6.31. The van der Waals surface area contributed by atoms with Crippen molar-refractivity contribution in [2.45, 2.75) is 70.4 Å². The van der Waals surface area contributed by atoms with E-state index in [1.165, 1.54) is 25.7 Å². The highest BCUT2D eigenvalue weighted by Gasteiger charge is 2.36. The van der Waals surface area contributed by atoms with Crippen molar-refractivity contribution in [2.75, 3.05) is 13.1 Å². The van der Waals surface area contributed by atoms with E-state index in [1.807, 2.05) is 30.5 Å². The van der Waals surface area contributed by atoms with E-state index < -0.39 is 0 Å². The lowest BCUT2D eigenvalue weighted by atomic mass is 9.86. The Hall–Kier alpha value is -2.20. The van der Waals surface area contributed by atoms with E-state index in [4.69, 9.17) is 4.74 Å². The summed E-state index contributed by atoms with van der Waals surface area (Å²) in [4.78, 5) is 20.0. The molecule has 2 aromatic rings. The zero-order valence-corrected chi connectivity index (χ0v) is 18.8. The fourth-order valence-corrected chi connectivity index (χ4v) is 5.53. The molecule has 166 valence electrons. The van der Waals surface area contributed by atoms with Crippen molar-refractivity contribution in [2.24, 2.45) is 11.8 Å². The van der Waals surface area contributed by atoms with Crippen LogP contribution in [-0.4, -0.2) is 35.0 Å². The Morgan fingerprint density at radius 1 is 1.23 bits per heavy atom. The van der Waals surface area contributed by atoms with Crippen LogP contribution in [-0.2, 0) is 9.53 Å². The van der Waals surface area contributed by atoms with Crippen molar-refractivity contribution in [1.82, 2.24) is 9.88 Å². The van der Waals surface area contributed by atoms with Gasteiger partial charge in [0.1, 0.15) is 6.10 Å². The third kappa shape index (κ3) is 5.17. The fraction of sp³-hybridized carbons (Fsp3) is 0.556. The number of benzene rings is 1. The molecule has 1 aliphatic heterocycles. The van der Waals surface area contributed by atoms with Gasteiger partial charge in [0.15, 0.2) is 0 Å². The molecule has 0 radical (unpaired) electrons. The first-order chi connectivity index (χ1) is 15.2. The molecule has 3 unspecified atom stereocenters. The zero-order chi connectivity index (χ0) is 21.6. The standard InChI is InChI=1S/C27H36N2O2/c1-3-20-13-15-25(29(4-2)19-20)27(31-26(30)16-14-21-9-5-6-10-21)23-17-18-28-24-12-8-7-11-22(23)24/h3,7-8,11-12,17-18,20-21,25,27H,1,4-6,9-10,13-16,19H2,2H3. The number of rotatable bonds is 8. The zero-order valence-electron chi connectivity index (χ0n) is 18.8. The van der Waals surface area contributed by atoms with Gasteiger partial charge in [-0.1, -0.05) is 56.9 Å². The molecule has 1 aromatic carbocycles. The number of aromatic nitrogens is 1. The van der Waals surface area contributed by atoms with Crippen molar-refractivity contribution in [3.05, 3.63) is 54.7 Å². The largest absolute Gasteiger partial charge is 0.456 e. The maximum absolute atomic E-state index is 13.0. The lowest BCUT2D eigenvalue weighted by Gasteiger charge is -2.42. The van der Waals surface area contributed by atoms with Gasteiger partial charge in [0.25, 0.3) is 0 Å². The number of likely N-dealkylation sites (tertiary alicyclic amines) is 1. The monoisotopic (exact) mass is 420 g/mol. The first kappa shape index (κ1) is 22.0. The highest BCUT2D eigenvalue weighted by atomic mass is 16.5. The molecule has 0 amide bonds. The molecule has 1 aliphatic carbocycles. The first-order valence-corrected chi connectivity index (χ1v) is 12.1. The highest BCUT2D eigenvalue weighted by molar-refractivity contribution is 5.82. The number of para-hydroxylation sites is 1. The summed E-state index contributed by atoms with van der Waals surface area (Å²) >= 11 is 0. The lowest BCUT2D eigenvalue weighted by Crippen LogP contribution is -2.47. The second-order valence-electron chi connectivity index (χ2n) is 9.24. The fourth-order valence-electron chi connectivity index (χ4n) is 5.53. The Labute approximate surface area is 186 Å². The van der Waals surface area contributed by atoms with Crippen LogP contribution in [0.25, 0.3) is 10.9 Å². The summed E-state index contributed by atoms with van der Waals surface area (Å²) in [6.07, 6.45) is 12.4. The third-order valence-corrected chi connectivity index (χ3v) is 7.34. The third-order valence-electron chi connectivity index (χ3n) is 7.34. The molecule has 0 N–H and O–H groups in total. The van der Waals surface area contributed by atoms with Crippen LogP contribution >= 0.6 is 0 Å². The minimum absolute atomic E-state index is 0.0558. The second kappa shape index (κ2) is 10.4.